The zero-order chi connectivity index (χ0) is 23.3. The minimum Gasteiger partial charge on any atom is -0.462 e. The quantitative estimate of drug-likeness (QED) is 0.189. The van der Waals surface area contributed by atoms with Gasteiger partial charge in [-0.3, -0.25) is 14.9 Å². The Bertz CT molecular complexity index is 901. The van der Waals surface area contributed by atoms with Crippen LogP contribution >= 0.6 is 0 Å². The van der Waals surface area contributed by atoms with Crippen molar-refractivity contribution in [3.8, 4) is 0 Å². The van der Waals surface area contributed by atoms with Crippen molar-refractivity contribution in [2.75, 3.05) is 24.7 Å². The summed E-state index contributed by atoms with van der Waals surface area (Å²) in [5.74, 6) is -1.00. The maximum atomic E-state index is 13.1. The number of ether oxygens (including phenoxy) is 2. The van der Waals surface area contributed by atoms with Gasteiger partial charge in [0.15, 0.2) is 0 Å². The lowest BCUT2D eigenvalue weighted by Gasteiger charge is -2.25. The molecule has 0 aliphatic heterocycles. The molecule has 32 heavy (non-hydrogen) atoms. The molecule has 0 aliphatic carbocycles. The predicted octanol–water partition coefficient (Wildman–Crippen LogP) is 4.90. The van der Waals surface area contributed by atoms with Gasteiger partial charge in [0.2, 0.25) is 0 Å². The molecule has 8 nitrogen and oxygen atoms in total. The summed E-state index contributed by atoms with van der Waals surface area (Å²) in [6.45, 7) is 4.28. The third kappa shape index (κ3) is 7.46. The van der Waals surface area contributed by atoms with E-state index >= 15 is 0 Å². The van der Waals surface area contributed by atoms with Crippen LogP contribution in [-0.4, -0.2) is 36.6 Å². The van der Waals surface area contributed by atoms with Crippen LogP contribution in [-0.2, 0) is 20.9 Å². The Kier molecular flexibility index (Phi) is 10.3. The number of unbranched alkanes of at least 4 members (excludes halogenated alkanes) is 3. The molecule has 0 saturated heterocycles. The summed E-state index contributed by atoms with van der Waals surface area (Å²) in [6, 6.07) is 13.3. The third-order valence-corrected chi connectivity index (χ3v) is 4.85. The number of carbonyl (C=O) groups excluding carboxylic acids is 2. The summed E-state index contributed by atoms with van der Waals surface area (Å²) in [5, 5.41) is 11.3. The molecule has 8 heteroatoms. The van der Waals surface area contributed by atoms with Crippen LogP contribution in [0.2, 0.25) is 0 Å². The molecule has 172 valence electrons. The van der Waals surface area contributed by atoms with Crippen molar-refractivity contribution in [2.24, 2.45) is 0 Å². The highest BCUT2D eigenvalue weighted by atomic mass is 16.6. The molecule has 2 aromatic carbocycles. The fraction of sp³-hybridized carbons (Fsp3) is 0.417. The Morgan fingerprint density at radius 3 is 2.44 bits per heavy atom. The average molecular weight is 443 g/mol. The van der Waals surface area contributed by atoms with Crippen molar-refractivity contribution >= 4 is 23.3 Å². The maximum absolute atomic E-state index is 13.1. The van der Waals surface area contributed by atoms with Gasteiger partial charge in [-0.2, -0.15) is 0 Å². The summed E-state index contributed by atoms with van der Waals surface area (Å²) >= 11 is 0. The summed E-state index contributed by atoms with van der Waals surface area (Å²) in [5.41, 5.74) is 1.01. The second-order valence-electron chi connectivity index (χ2n) is 7.26. The van der Waals surface area contributed by atoms with Crippen LogP contribution in [0.1, 0.15) is 55.5 Å². The first-order chi connectivity index (χ1) is 15.5. The first kappa shape index (κ1) is 25.0. The lowest BCUT2D eigenvalue weighted by Crippen LogP contribution is -2.36. The van der Waals surface area contributed by atoms with E-state index in [1.807, 2.05) is 30.3 Å². The van der Waals surface area contributed by atoms with Crippen LogP contribution < -0.4 is 4.90 Å². The molecule has 2 rings (SSSR count). The van der Waals surface area contributed by atoms with E-state index in [0.29, 0.717) is 13.0 Å². The summed E-state index contributed by atoms with van der Waals surface area (Å²) in [4.78, 5) is 37.8. The average Bonchev–Trinajstić information content (AvgIpc) is 2.79. The minimum absolute atomic E-state index is 0.115. The first-order valence-electron chi connectivity index (χ1n) is 10.9. The number of non-ortho nitro benzene ring substituents is 1. The molecule has 2 aromatic rings. The molecule has 0 N–H and O–H groups in total. The van der Waals surface area contributed by atoms with Gasteiger partial charge in [0.1, 0.15) is 6.61 Å². The highest BCUT2D eigenvalue weighted by molar-refractivity contribution is 6.03. The second-order valence-corrected chi connectivity index (χ2v) is 7.26. The smallest absolute Gasteiger partial charge is 0.340 e. The van der Waals surface area contributed by atoms with Gasteiger partial charge < -0.3 is 14.4 Å². The van der Waals surface area contributed by atoms with Gasteiger partial charge in [-0.25, -0.2) is 4.79 Å². The number of anilines is 1. The monoisotopic (exact) mass is 442 g/mol. The van der Waals surface area contributed by atoms with Crippen LogP contribution in [0.15, 0.2) is 48.5 Å². The van der Waals surface area contributed by atoms with Gasteiger partial charge in [-0.05, 0) is 25.0 Å². The predicted molar refractivity (Wildman–Crippen MR) is 122 cm³/mol. The number of hydrogen-bond acceptors (Lipinski definition) is 6. The lowest BCUT2D eigenvalue weighted by atomic mass is 10.1. The Morgan fingerprint density at radius 1 is 1.03 bits per heavy atom. The third-order valence-electron chi connectivity index (χ3n) is 4.85. The summed E-state index contributed by atoms with van der Waals surface area (Å²) < 4.78 is 10.7. The highest BCUT2D eigenvalue weighted by Crippen LogP contribution is 2.28. The molecule has 0 bridgehead atoms. The van der Waals surface area contributed by atoms with Gasteiger partial charge in [0, 0.05) is 18.7 Å². The van der Waals surface area contributed by atoms with E-state index in [-0.39, 0.29) is 42.7 Å². The number of amides is 1. The van der Waals surface area contributed by atoms with Crippen molar-refractivity contribution < 1.29 is 24.0 Å². The molecule has 0 aliphatic rings. The number of nitro benzene ring substituents is 1. The Morgan fingerprint density at radius 2 is 1.78 bits per heavy atom. The number of carbonyl (C=O) groups is 2. The van der Waals surface area contributed by atoms with E-state index in [0.717, 1.165) is 24.8 Å². The van der Waals surface area contributed by atoms with Crippen molar-refractivity contribution in [1.82, 2.24) is 0 Å². The van der Waals surface area contributed by atoms with E-state index in [1.165, 1.54) is 23.1 Å². The fourth-order valence-corrected chi connectivity index (χ4v) is 3.22. The number of hydrogen-bond donors (Lipinski definition) is 0. The van der Waals surface area contributed by atoms with Gasteiger partial charge in [0.25, 0.3) is 11.6 Å². The lowest BCUT2D eigenvalue weighted by molar-refractivity contribution is -0.384. The fourth-order valence-electron chi connectivity index (χ4n) is 3.22. The van der Waals surface area contributed by atoms with Crippen molar-refractivity contribution in [3.05, 3.63) is 69.8 Å². The number of rotatable bonds is 13. The molecule has 0 heterocycles. The van der Waals surface area contributed by atoms with E-state index < -0.39 is 10.9 Å². The van der Waals surface area contributed by atoms with Gasteiger partial charge in [0.05, 0.1) is 29.4 Å². The number of nitro groups is 1. The van der Waals surface area contributed by atoms with Crippen molar-refractivity contribution in [3.63, 3.8) is 0 Å². The summed E-state index contributed by atoms with van der Waals surface area (Å²) in [6.07, 6.45) is 3.63. The summed E-state index contributed by atoms with van der Waals surface area (Å²) in [7, 11) is 0. The zero-order valence-corrected chi connectivity index (χ0v) is 18.6. The van der Waals surface area contributed by atoms with Gasteiger partial charge in [-0.1, -0.05) is 56.5 Å². The highest BCUT2D eigenvalue weighted by Gasteiger charge is 2.25. The minimum atomic E-state index is -0.631. The molecule has 0 spiro atoms. The van der Waals surface area contributed by atoms with Crippen LogP contribution in [0.25, 0.3) is 0 Å². The molecule has 0 aromatic heterocycles. The maximum Gasteiger partial charge on any atom is 0.340 e. The van der Waals surface area contributed by atoms with Crippen molar-refractivity contribution in [1.29, 1.82) is 0 Å². The Balaban J connectivity index is 2.28. The molecule has 0 fully saturated rings. The Labute approximate surface area is 188 Å². The van der Waals surface area contributed by atoms with Crippen LogP contribution in [0.3, 0.4) is 0 Å². The van der Waals surface area contributed by atoms with Crippen LogP contribution in [0.4, 0.5) is 11.4 Å². The number of nitrogens with zero attached hydrogens (tertiary/aromatic N) is 2. The molecule has 1 amide bonds. The molecule has 0 unspecified atom stereocenters. The second kappa shape index (κ2) is 13.2. The van der Waals surface area contributed by atoms with E-state index in [4.69, 9.17) is 9.47 Å². The standard InChI is InChI=1S/C24H30N2O6/c1-3-5-6-10-15-25(23(27)18-31-17-19-11-8-7-9-12-19)22-16-20(26(29)30)13-14-21(22)24(28)32-4-2/h7-9,11-14,16H,3-6,10,15,17-18H2,1-2H3. The van der Waals surface area contributed by atoms with E-state index in [1.54, 1.807) is 6.92 Å². The normalized spacial score (nSPS) is 10.6. The van der Waals surface area contributed by atoms with Crippen molar-refractivity contribution in [2.45, 2.75) is 46.1 Å². The van der Waals surface area contributed by atoms with Crippen LogP contribution in [0.5, 0.6) is 0 Å². The van der Waals surface area contributed by atoms with Gasteiger partial charge >= 0.3 is 5.97 Å². The topological polar surface area (TPSA) is 99.0 Å². The molecular formula is C24H30N2O6. The Hall–Kier alpha value is -3.26. The van der Waals surface area contributed by atoms with E-state index in [9.17, 15) is 19.7 Å². The molecular weight excluding hydrogens is 412 g/mol. The number of benzene rings is 2. The SMILES string of the molecule is CCCCCCN(C(=O)COCc1ccccc1)c1cc([N+](=O)[O-])ccc1C(=O)OCC. The van der Waals surface area contributed by atoms with E-state index in [2.05, 4.69) is 6.92 Å². The number of esters is 1. The first-order valence-corrected chi connectivity index (χ1v) is 10.9. The zero-order valence-electron chi connectivity index (χ0n) is 18.6. The molecule has 0 atom stereocenters. The van der Waals surface area contributed by atoms with Crippen LogP contribution in [0, 0.1) is 10.1 Å². The van der Waals surface area contributed by atoms with Gasteiger partial charge in [-0.15, -0.1) is 0 Å². The molecule has 0 saturated carbocycles. The largest absolute Gasteiger partial charge is 0.462 e. The molecule has 0 radical (unpaired) electrons.